The minimum Gasteiger partial charge on any atom is -0.433 e. The van der Waals surface area contributed by atoms with Crippen LogP contribution in [-0.4, -0.2) is 31.1 Å². The van der Waals surface area contributed by atoms with Crippen LogP contribution >= 0.6 is 0 Å². The first-order chi connectivity index (χ1) is 9.65. The van der Waals surface area contributed by atoms with E-state index in [4.69, 9.17) is 0 Å². The molecule has 1 fully saturated rings. The van der Waals surface area contributed by atoms with Crippen LogP contribution in [-0.2, 0) is 0 Å². The molecule has 1 aliphatic heterocycles. The van der Waals surface area contributed by atoms with E-state index in [2.05, 4.69) is 16.6 Å². The zero-order valence-electron chi connectivity index (χ0n) is 11.5. The molecule has 0 spiro atoms. The lowest BCUT2D eigenvalue weighted by Crippen LogP contribution is -2.32. The fourth-order valence-electron chi connectivity index (χ4n) is 2.76. The van der Waals surface area contributed by atoms with Gasteiger partial charge in [-0.1, -0.05) is 19.1 Å². The molecule has 0 aromatic heterocycles. The molecule has 0 radical (unpaired) electrons. The van der Waals surface area contributed by atoms with E-state index < -0.39 is 6.61 Å². The first-order valence-corrected chi connectivity index (χ1v) is 6.85. The van der Waals surface area contributed by atoms with Crippen molar-refractivity contribution in [3.05, 3.63) is 29.3 Å². The second-order valence-corrected chi connectivity index (χ2v) is 4.92. The van der Waals surface area contributed by atoms with E-state index in [1.165, 1.54) is 6.07 Å². The molecule has 0 atom stereocenters. The zero-order valence-corrected chi connectivity index (χ0v) is 11.5. The Morgan fingerprint density at radius 1 is 1.40 bits per heavy atom. The van der Waals surface area contributed by atoms with E-state index in [9.17, 15) is 14.0 Å². The summed E-state index contributed by atoms with van der Waals surface area (Å²) in [6.07, 6.45) is 1.89. The second-order valence-electron chi connectivity index (χ2n) is 4.92. The summed E-state index contributed by atoms with van der Waals surface area (Å²) in [7, 11) is 0. The molecule has 1 aromatic rings. The molecule has 0 aliphatic carbocycles. The Hall–Kier alpha value is -1.67. The van der Waals surface area contributed by atoms with E-state index in [1.807, 2.05) is 12.1 Å². The molecule has 0 unspecified atom stereocenters. The lowest BCUT2D eigenvalue weighted by molar-refractivity contribution is -0.0501. The molecule has 20 heavy (non-hydrogen) atoms. The number of hydrogen-bond donors (Lipinski definition) is 0. The fourth-order valence-corrected chi connectivity index (χ4v) is 2.76. The summed E-state index contributed by atoms with van der Waals surface area (Å²) in [6, 6.07) is 6.98. The standard InChI is InChI=1S/C15H18F2N2O/c1-2-19-8-6-11(7-9-19)12-4-3-5-14(13(12)10-18)20-15(16)17/h3-5,11,15H,2,6-9H2,1H3. The van der Waals surface area contributed by atoms with Crippen molar-refractivity contribution in [1.82, 2.24) is 4.90 Å². The number of nitriles is 1. The monoisotopic (exact) mass is 280 g/mol. The number of benzene rings is 1. The number of likely N-dealkylation sites (tertiary alicyclic amines) is 1. The highest BCUT2D eigenvalue weighted by Gasteiger charge is 2.24. The molecule has 0 saturated carbocycles. The number of rotatable bonds is 4. The molecule has 1 saturated heterocycles. The first-order valence-electron chi connectivity index (χ1n) is 6.85. The molecule has 5 heteroatoms. The summed E-state index contributed by atoms with van der Waals surface area (Å²) in [5, 5.41) is 9.26. The summed E-state index contributed by atoms with van der Waals surface area (Å²) in [5.74, 6) is 0.228. The van der Waals surface area contributed by atoms with Gasteiger partial charge in [-0.2, -0.15) is 14.0 Å². The molecule has 1 heterocycles. The molecule has 1 aliphatic rings. The third-order valence-electron chi connectivity index (χ3n) is 3.86. The van der Waals surface area contributed by atoms with Crippen LogP contribution in [0.2, 0.25) is 0 Å². The van der Waals surface area contributed by atoms with Crippen LogP contribution in [0.25, 0.3) is 0 Å². The van der Waals surface area contributed by atoms with Crippen molar-refractivity contribution < 1.29 is 13.5 Å². The second kappa shape index (κ2) is 6.67. The summed E-state index contributed by atoms with van der Waals surface area (Å²) in [5.41, 5.74) is 1.09. The van der Waals surface area contributed by atoms with E-state index in [1.54, 1.807) is 6.07 Å². The molecule has 0 bridgehead atoms. The maximum atomic E-state index is 12.4. The summed E-state index contributed by atoms with van der Waals surface area (Å²) < 4.78 is 29.2. The Kier molecular flexibility index (Phi) is 4.91. The van der Waals surface area contributed by atoms with Crippen LogP contribution in [0.5, 0.6) is 5.75 Å². The lowest BCUT2D eigenvalue weighted by atomic mass is 9.86. The quantitative estimate of drug-likeness (QED) is 0.848. The van der Waals surface area contributed by atoms with Crippen molar-refractivity contribution in [2.75, 3.05) is 19.6 Å². The Morgan fingerprint density at radius 2 is 2.10 bits per heavy atom. The van der Waals surface area contributed by atoms with Crippen LogP contribution in [0.3, 0.4) is 0 Å². The van der Waals surface area contributed by atoms with E-state index in [0.29, 0.717) is 0 Å². The van der Waals surface area contributed by atoms with Crippen LogP contribution < -0.4 is 4.74 Å². The first kappa shape index (κ1) is 14.7. The molecule has 1 aromatic carbocycles. The van der Waals surface area contributed by atoms with E-state index >= 15 is 0 Å². The fraction of sp³-hybridized carbons (Fsp3) is 0.533. The van der Waals surface area contributed by atoms with Crippen LogP contribution in [0.15, 0.2) is 18.2 Å². The molecule has 2 rings (SSSR count). The molecular formula is C15H18F2N2O. The van der Waals surface area contributed by atoms with Gasteiger partial charge in [0.15, 0.2) is 0 Å². The van der Waals surface area contributed by atoms with Gasteiger partial charge in [-0.15, -0.1) is 0 Å². The Bertz CT molecular complexity index is 491. The maximum Gasteiger partial charge on any atom is 0.387 e. The highest BCUT2D eigenvalue weighted by molar-refractivity contribution is 5.50. The summed E-state index contributed by atoms with van der Waals surface area (Å²) >= 11 is 0. The zero-order chi connectivity index (χ0) is 14.5. The van der Waals surface area contributed by atoms with Crippen molar-refractivity contribution in [3.63, 3.8) is 0 Å². The molecule has 0 amide bonds. The largest absolute Gasteiger partial charge is 0.433 e. The van der Waals surface area contributed by atoms with Gasteiger partial charge in [0, 0.05) is 0 Å². The lowest BCUT2D eigenvalue weighted by Gasteiger charge is -2.31. The van der Waals surface area contributed by atoms with Crippen LogP contribution in [0, 0.1) is 11.3 Å². The Balaban J connectivity index is 2.22. The number of halogens is 2. The maximum absolute atomic E-state index is 12.4. The SMILES string of the molecule is CCN1CCC(c2cccc(OC(F)F)c2C#N)CC1. The normalized spacial score (nSPS) is 17.1. The van der Waals surface area contributed by atoms with Gasteiger partial charge in [-0.05, 0) is 50.0 Å². The number of hydrogen-bond acceptors (Lipinski definition) is 3. The predicted molar refractivity (Wildman–Crippen MR) is 71.9 cm³/mol. The predicted octanol–water partition coefficient (Wildman–Crippen LogP) is 3.36. The average molecular weight is 280 g/mol. The van der Waals surface area contributed by atoms with Gasteiger partial charge in [0.25, 0.3) is 0 Å². The highest BCUT2D eigenvalue weighted by atomic mass is 19.3. The smallest absolute Gasteiger partial charge is 0.387 e. The van der Waals surface area contributed by atoms with Crippen molar-refractivity contribution in [2.45, 2.75) is 32.3 Å². The third-order valence-corrected chi connectivity index (χ3v) is 3.86. The molecule has 3 nitrogen and oxygen atoms in total. The number of piperidine rings is 1. The van der Waals surface area contributed by atoms with Crippen LogP contribution in [0.4, 0.5) is 8.78 Å². The van der Waals surface area contributed by atoms with E-state index in [-0.39, 0.29) is 17.2 Å². The van der Waals surface area contributed by atoms with Gasteiger partial charge in [-0.25, -0.2) is 0 Å². The Labute approximate surface area is 117 Å². The Morgan fingerprint density at radius 3 is 2.65 bits per heavy atom. The summed E-state index contributed by atoms with van der Waals surface area (Å²) in [4.78, 5) is 2.35. The molecule has 0 N–H and O–H groups in total. The number of ether oxygens (including phenoxy) is 1. The minimum absolute atomic E-state index is 0.0158. The van der Waals surface area contributed by atoms with Gasteiger partial charge in [0.1, 0.15) is 11.8 Å². The highest BCUT2D eigenvalue weighted by Crippen LogP contribution is 2.34. The van der Waals surface area contributed by atoms with Gasteiger partial charge in [-0.3, -0.25) is 0 Å². The van der Waals surface area contributed by atoms with Crippen LogP contribution in [0.1, 0.15) is 36.8 Å². The topological polar surface area (TPSA) is 36.3 Å². The number of nitrogens with zero attached hydrogens (tertiary/aromatic N) is 2. The van der Waals surface area contributed by atoms with Crippen molar-refractivity contribution in [1.29, 1.82) is 5.26 Å². The van der Waals surface area contributed by atoms with Gasteiger partial charge in [0.2, 0.25) is 0 Å². The van der Waals surface area contributed by atoms with Gasteiger partial charge in [0.05, 0.1) is 5.56 Å². The van der Waals surface area contributed by atoms with Gasteiger partial charge < -0.3 is 9.64 Å². The van der Waals surface area contributed by atoms with Crippen molar-refractivity contribution >= 4 is 0 Å². The van der Waals surface area contributed by atoms with E-state index in [0.717, 1.165) is 38.0 Å². The van der Waals surface area contributed by atoms with Crippen molar-refractivity contribution in [3.8, 4) is 11.8 Å². The van der Waals surface area contributed by atoms with Gasteiger partial charge >= 0.3 is 6.61 Å². The molecular weight excluding hydrogens is 262 g/mol. The average Bonchev–Trinajstić information content (AvgIpc) is 2.46. The number of alkyl halides is 2. The third kappa shape index (κ3) is 3.26. The molecule has 108 valence electrons. The minimum atomic E-state index is -2.90. The summed E-state index contributed by atoms with van der Waals surface area (Å²) in [6.45, 7) is 2.20. The van der Waals surface area contributed by atoms with Crippen molar-refractivity contribution in [2.24, 2.45) is 0 Å².